The summed E-state index contributed by atoms with van der Waals surface area (Å²) < 4.78 is 6.46. The maximum absolute atomic E-state index is 5.64. The molecule has 0 spiro atoms. The van der Waals surface area contributed by atoms with Gasteiger partial charge >= 0.3 is 0 Å². The van der Waals surface area contributed by atoms with Crippen LogP contribution in [0.3, 0.4) is 0 Å². The van der Waals surface area contributed by atoms with Crippen LogP contribution in [-0.4, -0.2) is 16.6 Å². The summed E-state index contributed by atoms with van der Waals surface area (Å²) in [4.78, 5) is 8.68. The van der Waals surface area contributed by atoms with Crippen LogP contribution in [0.2, 0.25) is 0 Å². The van der Waals surface area contributed by atoms with Crippen molar-refractivity contribution in [2.75, 3.05) is 6.61 Å². The molecular weight excluding hydrogens is 268 g/mol. The first-order valence-corrected chi connectivity index (χ1v) is 6.73. The smallest absolute Gasteiger partial charge is 0.217 e. The number of hydrogen-bond donors (Lipinski definition) is 0. The second-order valence-corrected chi connectivity index (χ2v) is 5.09. The Balaban J connectivity index is 1.90. The molecule has 0 unspecified atom stereocenters. The van der Waals surface area contributed by atoms with E-state index in [2.05, 4.69) is 32.8 Å². The molecule has 1 saturated carbocycles. The van der Waals surface area contributed by atoms with E-state index in [0.29, 0.717) is 5.88 Å². The van der Waals surface area contributed by atoms with Crippen LogP contribution in [0.1, 0.15) is 38.4 Å². The van der Waals surface area contributed by atoms with Gasteiger partial charge in [0.2, 0.25) is 5.88 Å². The van der Waals surface area contributed by atoms with Crippen LogP contribution in [0.4, 0.5) is 0 Å². The van der Waals surface area contributed by atoms with Crippen molar-refractivity contribution in [1.82, 2.24) is 9.97 Å². The molecule has 1 heterocycles. The Morgan fingerprint density at radius 1 is 1.44 bits per heavy atom. The van der Waals surface area contributed by atoms with Crippen molar-refractivity contribution in [3.8, 4) is 5.88 Å². The topological polar surface area (TPSA) is 35.0 Å². The minimum atomic E-state index is 0.700. The Bertz CT molecular complexity index is 353. The van der Waals surface area contributed by atoms with E-state index in [1.807, 2.05) is 6.07 Å². The van der Waals surface area contributed by atoms with Crippen LogP contribution in [0.5, 0.6) is 5.88 Å². The molecule has 1 aromatic rings. The van der Waals surface area contributed by atoms with Crippen molar-refractivity contribution >= 4 is 15.9 Å². The predicted molar refractivity (Wildman–Crippen MR) is 66.6 cm³/mol. The van der Waals surface area contributed by atoms with Crippen LogP contribution in [0, 0.1) is 5.92 Å². The van der Waals surface area contributed by atoms with Crippen LogP contribution >= 0.6 is 15.9 Å². The van der Waals surface area contributed by atoms with Gasteiger partial charge in [-0.2, -0.15) is 4.98 Å². The number of aryl methyl sites for hydroxylation is 1. The zero-order valence-corrected chi connectivity index (χ0v) is 11.2. The monoisotopic (exact) mass is 284 g/mol. The van der Waals surface area contributed by atoms with Crippen molar-refractivity contribution in [3.05, 3.63) is 16.5 Å². The van der Waals surface area contributed by atoms with E-state index in [4.69, 9.17) is 4.74 Å². The van der Waals surface area contributed by atoms with Gasteiger partial charge in [-0.15, -0.1) is 0 Å². The summed E-state index contributed by atoms with van der Waals surface area (Å²) in [6, 6.07) is 1.84. The summed E-state index contributed by atoms with van der Waals surface area (Å²) >= 11 is 3.39. The molecule has 1 aliphatic carbocycles. The quantitative estimate of drug-likeness (QED) is 0.752. The van der Waals surface area contributed by atoms with Crippen molar-refractivity contribution in [1.29, 1.82) is 0 Å². The van der Waals surface area contributed by atoms with Gasteiger partial charge in [0.05, 0.1) is 6.61 Å². The third kappa shape index (κ3) is 3.74. The molecule has 1 fully saturated rings. The normalized spacial score (nSPS) is 15.1. The van der Waals surface area contributed by atoms with Crippen molar-refractivity contribution in [2.24, 2.45) is 5.92 Å². The molecule has 4 heteroatoms. The fourth-order valence-electron chi connectivity index (χ4n) is 1.59. The first-order chi connectivity index (χ1) is 7.78. The van der Waals surface area contributed by atoms with E-state index in [1.165, 1.54) is 12.8 Å². The zero-order valence-electron chi connectivity index (χ0n) is 9.58. The molecule has 0 N–H and O–H groups in total. The second-order valence-electron chi connectivity index (χ2n) is 4.28. The Labute approximate surface area is 105 Å². The molecule has 88 valence electrons. The molecule has 0 aromatic carbocycles. The summed E-state index contributed by atoms with van der Waals surface area (Å²) in [5.41, 5.74) is 0. The zero-order chi connectivity index (χ0) is 11.4. The molecule has 0 atom stereocenters. The molecular formula is C12H17BrN2O. The Kier molecular flexibility index (Phi) is 4.16. The summed E-state index contributed by atoms with van der Waals surface area (Å²) in [6.07, 6.45) is 5.86. The van der Waals surface area contributed by atoms with Crippen LogP contribution in [0.15, 0.2) is 10.7 Å². The first-order valence-electron chi connectivity index (χ1n) is 5.94. The molecule has 0 radical (unpaired) electrons. The fraction of sp³-hybridized carbons (Fsp3) is 0.667. The lowest BCUT2D eigenvalue weighted by Gasteiger charge is -2.06. The number of aromatic nitrogens is 2. The van der Waals surface area contributed by atoms with E-state index in [9.17, 15) is 0 Å². The standard InChI is InChI=1S/C12H17BrN2O/c1-2-3-11-14-10(13)8-12(15-11)16-7-6-9-4-5-9/h8-9H,2-7H2,1H3. The number of hydrogen-bond acceptors (Lipinski definition) is 3. The highest BCUT2D eigenvalue weighted by molar-refractivity contribution is 9.10. The highest BCUT2D eigenvalue weighted by Crippen LogP contribution is 2.32. The lowest BCUT2D eigenvalue weighted by Crippen LogP contribution is -2.03. The molecule has 0 aliphatic heterocycles. The molecule has 3 nitrogen and oxygen atoms in total. The highest BCUT2D eigenvalue weighted by Gasteiger charge is 2.20. The fourth-order valence-corrected chi connectivity index (χ4v) is 1.99. The third-order valence-electron chi connectivity index (χ3n) is 2.66. The average Bonchev–Trinajstić information content (AvgIpc) is 3.01. The van der Waals surface area contributed by atoms with Gasteiger partial charge in [-0.3, -0.25) is 0 Å². The van der Waals surface area contributed by atoms with E-state index >= 15 is 0 Å². The third-order valence-corrected chi connectivity index (χ3v) is 3.07. The minimum absolute atomic E-state index is 0.700. The van der Waals surface area contributed by atoms with Gasteiger partial charge in [-0.05, 0) is 34.7 Å². The SMILES string of the molecule is CCCc1nc(Br)cc(OCCC2CC2)n1. The first kappa shape index (κ1) is 11.8. The number of rotatable bonds is 6. The Morgan fingerprint density at radius 2 is 2.25 bits per heavy atom. The molecule has 1 aliphatic rings. The van der Waals surface area contributed by atoms with Gasteiger partial charge in [0, 0.05) is 12.5 Å². The maximum Gasteiger partial charge on any atom is 0.217 e. The van der Waals surface area contributed by atoms with Crippen LogP contribution in [0.25, 0.3) is 0 Å². The Morgan fingerprint density at radius 3 is 2.94 bits per heavy atom. The average molecular weight is 285 g/mol. The molecule has 0 bridgehead atoms. The van der Waals surface area contributed by atoms with E-state index in [-0.39, 0.29) is 0 Å². The molecule has 2 rings (SSSR count). The van der Waals surface area contributed by atoms with Crippen molar-refractivity contribution < 1.29 is 4.74 Å². The lowest BCUT2D eigenvalue weighted by molar-refractivity contribution is 0.289. The minimum Gasteiger partial charge on any atom is -0.478 e. The van der Waals surface area contributed by atoms with Gasteiger partial charge in [0.15, 0.2) is 0 Å². The number of halogens is 1. The van der Waals surface area contributed by atoms with Crippen LogP contribution in [-0.2, 0) is 6.42 Å². The summed E-state index contributed by atoms with van der Waals surface area (Å²) in [6.45, 7) is 2.90. The van der Waals surface area contributed by atoms with E-state index < -0.39 is 0 Å². The Hall–Kier alpha value is -0.640. The number of nitrogens with zero attached hydrogens (tertiary/aromatic N) is 2. The van der Waals surface area contributed by atoms with Gasteiger partial charge in [-0.25, -0.2) is 4.98 Å². The van der Waals surface area contributed by atoms with E-state index in [0.717, 1.165) is 42.2 Å². The van der Waals surface area contributed by atoms with Crippen molar-refractivity contribution in [2.45, 2.75) is 39.0 Å². The highest BCUT2D eigenvalue weighted by atomic mass is 79.9. The molecule has 0 amide bonds. The molecule has 0 saturated heterocycles. The largest absolute Gasteiger partial charge is 0.478 e. The summed E-state index contributed by atoms with van der Waals surface area (Å²) in [5, 5.41) is 0. The summed E-state index contributed by atoms with van der Waals surface area (Å²) in [7, 11) is 0. The van der Waals surface area contributed by atoms with Crippen molar-refractivity contribution in [3.63, 3.8) is 0 Å². The van der Waals surface area contributed by atoms with Gasteiger partial charge < -0.3 is 4.74 Å². The van der Waals surface area contributed by atoms with Gasteiger partial charge in [-0.1, -0.05) is 19.8 Å². The summed E-state index contributed by atoms with van der Waals surface area (Å²) in [5.74, 6) is 2.46. The lowest BCUT2D eigenvalue weighted by atomic mass is 10.3. The molecule has 16 heavy (non-hydrogen) atoms. The number of ether oxygens (including phenoxy) is 1. The van der Waals surface area contributed by atoms with E-state index in [1.54, 1.807) is 0 Å². The van der Waals surface area contributed by atoms with Crippen LogP contribution < -0.4 is 4.74 Å². The predicted octanol–water partition coefficient (Wildman–Crippen LogP) is 3.37. The second kappa shape index (κ2) is 5.62. The van der Waals surface area contributed by atoms with Gasteiger partial charge in [0.1, 0.15) is 10.4 Å². The maximum atomic E-state index is 5.64. The molecule has 1 aromatic heterocycles. The van der Waals surface area contributed by atoms with Gasteiger partial charge in [0.25, 0.3) is 0 Å².